The molecule has 0 radical (unpaired) electrons. The fourth-order valence-corrected chi connectivity index (χ4v) is 3.85. The van der Waals surface area contributed by atoms with E-state index in [1.165, 1.54) is 38.8 Å². The van der Waals surface area contributed by atoms with E-state index in [0.717, 1.165) is 45.4 Å². The molecule has 0 unspecified atom stereocenters. The third-order valence-electron chi connectivity index (χ3n) is 5.27. The average Bonchev–Trinajstić information content (AvgIpc) is 3.25. The van der Waals surface area contributed by atoms with Crippen LogP contribution in [0.3, 0.4) is 0 Å². The van der Waals surface area contributed by atoms with Gasteiger partial charge in [-0.2, -0.15) is 0 Å². The molecule has 1 N–H and O–H groups in total. The maximum atomic E-state index is 12.5. The summed E-state index contributed by atoms with van der Waals surface area (Å²) in [4.78, 5) is 21.2. The lowest BCUT2D eigenvalue weighted by atomic mass is 10.1. The van der Waals surface area contributed by atoms with Crippen molar-refractivity contribution in [1.29, 1.82) is 0 Å². The topological polar surface area (TPSA) is 53.4 Å². The molecule has 1 atom stereocenters. The van der Waals surface area contributed by atoms with Crippen molar-refractivity contribution >= 4 is 6.03 Å². The first-order chi connectivity index (χ1) is 11.8. The lowest BCUT2D eigenvalue weighted by Crippen LogP contribution is -2.47. The lowest BCUT2D eigenvalue weighted by molar-refractivity contribution is 0.166. The van der Waals surface area contributed by atoms with E-state index < -0.39 is 0 Å². The number of unbranched alkanes of at least 4 members (excludes halogenated alkanes) is 1. The van der Waals surface area contributed by atoms with E-state index in [0.29, 0.717) is 6.04 Å². The van der Waals surface area contributed by atoms with Crippen molar-refractivity contribution in [2.24, 2.45) is 0 Å². The number of urea groups is 1. The van der Waals surface area contributed by atoms with Crippen LogP contribution < -0.4 is 5.32 Å². The number of aryl methyl sites for hydroxylation is 1. The maximum absolute atomic E-state index is 12.5. The Morgan fingerprint density at radius 2 is 1.96 bits per heavy atom. The molecule has 1 aromatic heterocycles. The third kappa shape index (κ3) is 4.97. The first-order valence-electron chi connectivity index (χ1n) is 9.55. The van der Waals surface area contributed by atoms with Gasteiger partial charge in [0.1, 0.15) is 0 Å². The summed E-state index contributed by atoms with van der Waals surface area (Å²) in [5.74, 6) is 0. The zero-order chi connectivity index (χ0) is 16.6. The van der Waals surface area contributed by atoms with Gasteiger partial charge in [0.05, 0.1) is 6.33 Å². The molecule has 1 aromatic rings. The van der Waals surface area contributed by atoms with Crippen LogP contribution in [0.4, 0.5) is 4.79 Å². The molecule has 2 aliphatic rings. The van der Waals surface area contributed by atoms with E-state index in [4.69, 9.17) is 0 Å². The summed E-state index contributed by atoms with van der Waals surface area (Å²) < 4.78 is 2.08. The molecular weight excluding hydrogens is 302 g/mol. The Bertz CT molecular complexity index is 484. The summed E-state index contributed by atoms with van der Waals surface area (Å²) in [6.07, 6.45) is 14.0. The standard InChI is InChI=1S/C18H31N5O/c24-18(20-8-2-4-10-21-14-9-19-16-21)23-13-3-1-7-17(15-23)22-11-5-6-12-22/h9,14,16-17H,1-8,10-13,15H2,(H,20,24)/t17-/m0/s1. The summed E-state index contributed by atoms with van der Waals surface area (Å²) in [6.45, 7) is 5.98. The van der Waals surface area contributed by atoms with Crippen molar-refractivity contribution in [2.45, 2.75) is 57.5 Å². The van der Waals surface area contributed by atoms with Crippen molar-refractivity contribution in [2.75, 3.05) is 32.7 Å². The maximum Gasteiger partial charge on any atom is 0.317 e. The highest BCUT2D eigenvalue weighted by molar-refractivity contribution is 5.74. The van der Waals surface area contributed by atoms with Crippen LogP contribution in [0, 0.1) is 0 Å². The van der Waals surface area contributed by atoms with E-state index in [1.54, 1.807) is 6.20 Å². The van der Waals surface area contributed by atoms with Gasteiger partial charge in [-0.05, 0) is 51.6 Å². The monoisotopic (exact) mass is 333 g/mol. The summed E-state index contributed by atoms with van der Waals surface area (Å²) in [5, 5.41) is 3.11. The van der Waals surface area contributed by atoms with Crippen molar-refractivity contribution in [3.05, 3.63) is 18.7 Å². The van der Waals surface area contributed by atoms with Gasteiger partial charge >= 0.3 is 6.03 Å². The minimum absolute atomic E-state index is 0.128. The summed E-state index contributed by atoms with van der Waals surface area (Å²) >= 11 is 0. The van der Waals surface area contributed by atoms with Crippen LogP contribution in [0.15, 0.2) is 18.7 Å². The molecule has 24 heavy (non-hydrogen) atoms. The predicted molar refractivity (Wildman–Crippen MR) is 94.9 cm³/mol. The molecule has 134 valence electrons. The molecule has 2 amide bonds. The van der Waals surface area contributed by atoms with E-state index >= 15 is 0 Å². The van der Waals surface area contributed by atoms with Gasteiger partial charge in [-0.25, -0.2) is 9.78 Å². The van der Waals surface area contributed by atoms with E-state index in [2.05, 4.69) is 19.8 Å². The normalized spacial score (nSPS) is 22.5. The number of nitrogens with zero attached hydrogens (tertiary/aromatic N) is 4. The number of hydrogen-bond donors (Lipinski definition) is 1. The van der Waals surface area contributed by atoms with E-state index in [9.17, 15) is 4.79 Å². The number of likely N-dealkylation sites (tertiary alicyclic amines) is 2. The van der Waals surface area contributed by atoms with E-state index in [1.807, 2.05) is 17.4 Å². The number of nitrogens with one attached hydrogen (secondary N) is 1. The van der Waals surface area contributed by atoms with Gasteiger partial charge in [0.25, 0.3) is 0 Å². The number of hydrogen-bond acceptors (Lipinski definition) is 3. The molecule has 6 heteroatoms. The first-order valence-corrected chi connectivity index (χ1v) is 9.55. The highest BCUT2D eigenvalue weighted by Gasteiger charge is 2.27. The van der Waals surface area contributed by atoms with Crippen molar-refractivity contribution in [3.63, 3.8) is 0 Å². The van der Waals surface area contributed by atoms with Gasteiger partial charge in [0, 0.05) is 44.6 Å². The summed E-state index contributed by atoms with van der Waals surface area (Å²) in [7, 11) is 0. The fourth-order valence-electron chi connectivity index (χ4n) is 3.85. The van der Waals surface area contributed by atoms with Crippen LogP contribution in [0.5, 0.6) is 0 Å². The zero-order valence-electron chi connectivity index (χ0n) is 14.7. The van der Waals surface area contributed by atoms with Gasteiger partial charge in [-0.3, -0.25) is 4.90 Å². The van der Waals surface area contributed by atoms with Crippen LogP contribution in [0.25, 0.3) is 0 Å². The minimum atomic E-state index is 0.128. The third-order valence-corrected chi connectivity index (χ3v) is 5.27. The van der Waals surface area contributed by atoms with Crippen molar-refractivity contribution < 1.29 is 4.79 Å². The van der Waals surface area contributed by atoms with Crippen LogP contribution >= 0.6 is 0 Å². The van der Waals surface area contributed by atoms with Crippen LogP contribution in [-0.2, 0) is 6.54 Å². The molecule has 3 rings (SSSR count). The Balaban J connectivity index is 1.36. The molecule has 2 saturated heterocycles. The Hall–Kier alpha value is -1.56. The Labute approximate surface area is 145 Å². The Morgan fingerprint density at radius 1 is 1.12 bits per heavy atom. The number of amides is 2. The molecule has 0 aromatic carbocycles. The second kappa shape index (κ2) is 9.06. The summed E-state index contributed by atoms with van der Waals surface area (Å²) in [6, 6.07) is 0.700. The molecule has 2 fully saturated rings. The second-order valence-electron chi connectivity index (χ2n) is 7.08. The number of carbonyl (C=O) groups excluding carboxylic acids is 1. The Morgan fingerprint density at radius 3 is 2.75 bits per heavy atom. The van der Waals surface area contributed by atoms with Gasteiger partial charge in [-0.15, -0.1) is 0 Å². The summed E-state index contributed by atoms with van der Waals surface area (Å²) in [5.41, 5.74) is 0. The molecule has 0 saturated carbocycles. The second-order valence-corrected chi connectivity index (χ2v) is 7.08. The Kier molecular flexibility index (Phi) is 6.52. The molecule has 0 spiro atoms. The minimum Gasteiger partial charge on any atom is -0.338 e. The van der Waals surface area contributed by atoms with Crippen LogP contribution in [0.2, 0.25) is 0 Å². The molecule has 2 aliphatic heterocycles. The van der Waals surface area contributed by atoms with Crippen molar-refractivity contribution in [3.8, 4) is 0 Å². The van der Waals surface area contributed by atoms with E-state index in [-0.39, 0.29) is 6.03 Å². The highest BCUT2D eigenvalue weighted by atomic mass is 16.2. The van der Waals surface area contributed by atoms with Crippen molar-refractivity contribution in [1.82, 2.24) is 24.7 Å². The number of imidazole rings is 1. The van der Waals surface area contributed by atoms with Gasteiger partial charge in [0.15, 0.2) is 0 Å². The number of aromatic nitrogens is 2. The smallest absolute Gasteiger partial charge is 0.317 e. The molecule has 0 aliphatic carbocycles. The highest BCUT2D eigenvalue weighted by Crippen LogP contribution is 2.20. The number of carbonyl (C=O) groups is 1. The first kappa shape index (κ1) is 17.3. The number of rotatable bonds is 6. The quantitative estimate of drug-likeness (QED) is 0.813. The zero-order valence-corrected chi connectivity index (χ0v) is 14.7. The van der Waals surface area contributed by atoms with Crippen LogP contribution in [0.1, 0.15) is 44.9 Å². The van der Waals surface area contributed by atoms with Gasteiger partial charge in [-0.1, -0.05) is 6.42 Å². The lowest BCUT2D eigenvalue weighted by Gasteiger charge is -2.30. The predicted octanol–water partition coefficient (Wildman–Crippen LogP) is 2.32. The van der Waals surface area contributed by atoms with Gasteiger partial charge < -0.3 is 14.8 Å². The van der Waals surface area contributed by atoms with Gasteiger partial charge in [0.2, 0.25) is 0 Å². The SMILES string of the molecule is O=C(NCCCCn1ccnc1)N1CCCC[C@H](N2CCCC2)C1. The van der Waals surface area contributed by atoms with Crippen LogP contribution in [-0.4, -0.2) is 64.1 Å². The largest absolute Gasteiger partial charge is 0.338 e. The molecule has 3 heterocycles. The molecule has 6 nitrogen and oxygen atoms in total. The average molecular weight is 333 g/mol. The molecular formula is C18H31N5O. The molecule has 0 bridgehead atoms. The fraction of sp³-hybridized carbons (Fsp3) is 0.778.